The maximum atomic E-state index is 12.1. The fraction of sp³-hybridized carbons (Fsp3) is 0.467. The smallest absolute Gasteiger partial charge is 0.307 e. The molecule has 0 heterocycles. The van der Waals surface area contributed by atoms with Gasteiger partial charge in [-0.15, -0.1) is 0 Å². The first kappa shape index (κ1) is 19.5. The average molecular weight is 364 g/mol. The molecule has 0 saturated heterocycles. The maximum absolute atomic E-state index is 12.1. The number of esters is 1. The lowest BCUT2D eigenvalue weighted by Crippen LogP contribution is -2.38. The summed E-state index contributed by atoms with van der Waals surface area (Å²) in [5, 5.41) is 9.79. The zero-order valence-corrected chi connectivity index (χ0v) is 14.3. The Morgan fingerprint density at radius 2 is 2.00 bits per heavy atom. The van der Waals surface area contributed by atoms with Crippen molar-refractivity contribution in [2.24, 2.45) is 0 Å². The highest BCUT2D eigenvalue weighted by atomic mass is 35.5. The minimum absolute atomic E-state index is 0.0568. The van der Waals surface area contributed by atoms with Crippen LogP contribution >= 0.6 is 23.2 Å². The van der Waals surface area contributed by atoms with Crippen LogP contribution in [0.5, 0.6) is 5.75 Å². The minimum atomic E-state index is -0.398. The van der Waals surface area contributed by atoms with Crippen LogP contribution in [0.2, 0.25) is 10.0 Å². The molecule has 0 aromatic heterocycles. The first-order valence-electron chi connectivity index (χ1n) is 7.10. The van der Waals surface area contributed by atoms with Crippen molar-refractivity contribution in [2.45, 2.75) is 13.3 Å². The lowest BCUT2D eigenvalue weighted by molar-refractivity contribution is -0.144. The molecule has 0 aliphatic carbocycles. The van der Waals surface area contributed by atoms with Crippen LogP contribution in [0.15, 0.2) is 18.2 Å². The lowest BCUT2D eigenvalue weighted by atomic mass is 10.3. The van der Waals surface area contributed by atoms with Crippen molar-refractivity contribution in [1.29, 1.82) is 0 Å². The normalized spacial score (nSPS) is 10.3. The third-order valence-electron chi connectivity index (χ3n) is 2.86. The summed E-state index contributed by atoms with van der Waals surface area (Å²) in [4.78, 5) is 24.8. The number of rotatable bonds is 9. The third kappa shape index (κ3) is 7.07. The molecule has 8 heteroatoms. The molecule has 1 amide bonds. The van der Waals surface area contributed by atoms with E-state index in [1.807, 2.05) is 0 Å². The van der Waals surface area contributed by atoms with Crippen molar-refractivity contribution in [3.63, 3.8) is 0 Å². The molecule has 0 fully saturated rings. The fourth-order valence-corrected chi connectivity index (χ4v) is 2.23. The van der Waals surface area contributed by atoms with Crippen LogP contribution in [-0.4, -0.2) is 54.8 Å². The van der Waals surface area contributed by atoms with E-state index in [1.165, 1.54) is 11.0 Å². The fourth-order valence-electron chi connectivity index (χ4n) is 1.76. The SMILES string of the molecule is CCOC(=O)CCN(CCO)C(=O)COc1ccc(Cl)cc1Cl. The molecule has 6 nitrogen and oxygen atoms in total. The summed E-state index contributed by atoms with van der Waals surface area (Å²) in [7, 11) is 0. The van der Waals surface area contributed by atoms with E-state index in [2.05, 4.69) is 0 Å². The Morgan fingerprint density at radius 3 is 2.61 bits per heavy atom. The van der Waals surface area contributed by atoms with Gasteiger partial charge in [0.1, 0.15) is 5.75 Å². The molecule has 1 rings (SSSR count). The summed E-state index contributed by atoms with van der Waals surface area (Å²) in [6, 6.07) is 4.67. The molecule has 0 spiro atoms. The van der Waals surface area contributed by atoms with Crippen LogP contribution in [0, 0.1) is 0 Å². The van der Waals surface area contributed by atoms with E-state index in [0.29, 0.717) is 15.8 Å². The molecule has 0 atom stereocenters. The maximum Gasteiger partial charge on any atom is 0.307 e. The largest absolute Gasteiger partial charge is 0.482 e. The van der Waals surface area contributed by atoms with Gasteiger partial charge in [-0.1, -0.05) is 23.2 Å². The molecular weight excluding hydrogens is 345 g/mol. The molecule has 23 heavy (non-hydrogen) atoms. The van der Waals surface area contributed by atoms with E-state index in [-0.39, 0.29) is 45.2 Å². The second-order valence-corrected chi connectivity index (χ2v) is 5.37. The van der Waals surface area contributed by atoms with E-state index in [9.17, 15) is 9.59 Å². The van der Waals surface area contributed by atoms with Crippen molar-refractivity contribution in [2.75, 3.05) is 32.9 Å². The van der Waals surface area contributed by atoms with Crippen LogP contribution in [0.4, 0.5) is 0 Å². The number of hydrogen-bond acceptors (Lipinski definition) is 5. The van der Waals surface area contributed by atoms with Gasteiger partial charge in [0, 0.05) is 18.1 Å². The van der Waals surface area contributed by atoms with Gasteiger partial charge in [0.05, 0.1) is 24.7 Å². The van der Waals surface area contributed by atoms with E-state index < -0.39 is 5.97 Å². The number of amides is 1. The Labute approximate surface area is 144 Å². The minimum Gasteiger partial charge on any atom is -0.482 e. The molecule has 0 unspecified atom stereocenters. The Morgan fingerprint density at radius 1 is 1.26 bits per heavy atom. The van der Waals surface area contributed by atoms with Gasteiger partial charge in [-0.05, 0) is 25.1 Å². The van der Waals surface area contributed by atoms with Crippen molar-refractivity contribution >= 4 is 35.1 Å². The summed E-state index contributed by atoms with van der Waals surface area (Å²) in [5.41, 5.74) is 0. The third-order valence-corrected chi connectivity index (χ3v) is 3.39. The second kappa shape index (κ2) is 10.3. The van der Waals surface area contributed by atoms with Gasteiger partial charge in [-0.3, -0.25) is 9.59 Å². The topological polar surface area (TPSA) is 76.1 Å². The Balaban J connectivity index is 2.54. The number of aliphatic hydroxyl groups is 1. The molecule has 128 valence electrons. The van der Waals surface area contributed by atoms with Gasteiger partial charge < -0.3 is 19.5 Å². The predicted molar refractivity (Wildman–Crippen MR) is 86.9 cm³/mol. The number of ether oxygens (including phenoxy) is 2. The predicted octanol–water partition coefficient (Wildman–Crippen LogP) is 2.15. The standard InChI is InChI=1S/C15H19Cl2NO5/c1-2-22-15(21)5-6-18(7-8-19)14(20)10-23-13-4-3-11(16)9-12(13)17/h3-4,9,19H,2,5-8,10H2,1H3. The molecule has 0 aliphatic heterocycles. The summed E-state index contributed by atoms with van der Waals surface area (Å²) in [6.45, 7) is 1.77. The lowest BCUT2D eigenvalue weighted by Gasteiger charge is -2.21. The zero-order valence-electron chi connectivity index (χ0n) is 12.8. The Bertz CT molecular complexity index is 539. The van der Waals surface area contributed by atoms with Gasteiger partial charge in [-0.25, -0.2) is 0 Å². The monoisotopic (exact) mass is 363 g/mol. The number of hydrogen-bond donors (Lipinski definition) is 1. The highest BCUT2D eigenvalue weighted by Crippen LogP contribution is 2.27. The van der Waals surface area contributed by atoms with E-state index >= 15 is 0 Å². The van der Waals surface area contributed by atoms with Crippen molar-refractivity contribution in [3.8, 4) is 5.75 Å². The molecule has 1 aromatic carbocycles. The Hall–Kier alpha value is -1.50. The number of benzene rings is 1. The summed E-state index contributed by atoms with van der Waals surface area (Å²) in [6.07, 6.45) is 0.0568. The van der Waals surface area contributed by atoms with Gasteiger partial charge in [0.25, 0.3) is 5.91 Å². The van der Waals surface area contributed by atoms with Crippen LogP contribution in [0.3, 0.4) is 0 Å². The molecule has 0 saturated carbocycles. The first-order valence-corrected chi connectivity index (χ1v) is 7.85. The quantitative estimate of drug-likeness (QED) is 0.680. The highest BCUT2D eigenvalue weighted by Gasteiger charge is 2.16. The summed E-state index contributed by atoms with van der Waals surface area (Å²) in [5.74, 6) is -0.432. The Kier molecular flexibility index (Phi) is 8.76. The van der Waals surface area contributed by atoms with Crippen molar-refractivity contribution < 1.29 is 24.2 Å². The van der Waals surface area contributed by atoms with Crippen molar-refractivity contribution in [1.82, 2.24) is 4.90 Å². The van der Waals surface area contributed by atoms with Crippen LogP contribution in [0.25, 0.3) is 0 Å². The molecule has 0 bridgehead atoms. The molecule has 0 aliphatic rings. The van der Waals surface area contributed by atoms with Crippen LogP contribution < -0.4 is 4.74 Å². The van der Waals surface area contributed by atoms with Gasteiger partial charge in [0.2, 0.25) is 0 Å². The van der Waals surface area contributed by atoms with Gasteiger partial charge >= 0.3 is 5.97 Å². The zero-order chi connectivity index (χ0) is 17.2. The number of nitrogens with zero attached hydrogens (tertiary/aromatic N) is 1. The number of aliphatic hydroxyl groups excluding tert-OH is 1. The van der Waals surface area contributed by atoms with Gasteiger partial charge in [-0.2, -0.15) is 0 Å². The second-order valence-electron chi connectivity index (χ2n) is 4.52. The van der Waals surface area contributed by atoms with E-state index in [0.717, 1.165) is 0 Å². The van der Waals surface area contributed by atoms with Gasteiger partial charge in [0.15, 0.2) is 6.61 Å². The number of carbonyl (C=O) groups is 2. The number of carbonyl (C=O) groups excluding carboxylic acids is 2. The average Bonchev–Trinajstić information content (AvgIpc) is 2.50. The van der Waals surface area contributed by atoms with E-state index in [4.69, 9.17) is 37.8 Å². The highest BCUT2D eigenvalue weighted by molar-refractivity contribution is 6.35. The van der Waals surface area contributed by atoms with Crippen molar-refractivity contribution in [3.05, 3.63) is 28.2 Å². The first-order chi connectivity index (χ1) is 11.0. The molecule has 0 radical (unpaired) electrons. The molecule has 1 aromatic rings. The summed E-state index contributed by atoms with van der Waals surface area (Å²) < 4.78 is 10.2. The van der Waals surface area contributed by atoms with E-state index in [1.54, 1.807) is 19.1 Å². The van der Waals surface area contributed by atoms with Crippen LogP contribution in [-0.2, 0) is 14.3 Å². The molecule has 1 N–H and O–H groups in total. The number of halogens is 2. The molecular formula is C15H19Cl2NO5. The van der Waals surface area contributed by atoms with Crippen LogP contribution in [0.1, 0.15) is 13.3 Å². The summed E-state index contributed by atoms with van der Waals surface area (Å²) >= 11 is 11.7.